The standard InChI is InChI=1S/C29H33ClF3N7O3/c30-24-14-18(1-4-23(24)28(43)39-9-5-20(6-10-39)38-11-7-22(41)8-12-38)36-27(42)26-34-15-19(35-26)13-17-16-40(21-2-3-21)37-25(17)29(31,32)33/h1,4,14-16,20-22,41H,2-3,5-13H2,(H,34,35)(H,36,42). The molecule has 0 unspecified atom stereocenters. The number of aliphatic hydroxyl groups excluding tert-OH is 1. The maximum absolute atomic E-state index is 13.5. The Bertz CT molecular complexity index is 1490. The van der Waals surface area contributed by atoms with Crippen molar-refractivity contribution < 1.29 is 27.9 Å². The first kappa shape index (κ1) is 29.6. The zero-order valence-corrected chi connectivity index (χ0v) is 24.2. The van der Waals surface area contributed by atoms with Crippen LogP contribution in [0, 0.1) is 0 Å². The van der Waals surface area contributed by atoms with Gasteiger partial charge in [0.15, 0.2) is 11.5 Å². The number of aromatic nitrogens is 4. The van der Waals surface area contributed by atoms with Crippen LogP contribution in [0.25, 0.3) is 0 Å². The Labute approximate surface area is 251 Å². The van der Waals surface area contributed by atoms with Crippen LogP contribution >= 0.6 is 11.6 Å². The first-order chi connectivity index (χ1) is 20.5. The zero-order valence-electron chi connectivity index (χ0n) is 23.4. The van der Waals surface area contributed by atoms with E-state index in [0.717, 1.165) is 51.6 Å². The smallest absolute Gasteiger partial charge is 0.393 e. The number of imidazole rings is 1. The van der Waals surface area contributed by atoms with Crippen LogP contribution in [0.15, 0.2) is 30.6 Å². The minimum atomic E-state index is -4.59. The zero-order chi connectivity index (χ0) is 30.3. The molecule has 3 fully saturated rings. The third-order valence-corrected chi connectivity index (χ3v) is 8.76. The second-order valence-corrected chi connectivity index (χ2v) is 12.0. The van der Waals surface area contributed by atoms with Crippen LogP contribution in [-0.2, 0) is 12.6 Å². The number of carbonyl (C=O) groups is 2. The molecule has 14 heteroatoms. The maximum Gasteiger partial charge on any atom is 0.435 e. The van der Waals surface area contributed by atoms with Crippen molar-refractivity contribution in [3.05, 3.63) is 64.0 Å². The lowest BCUT2D eigenvalue weighted by atomic mass is 9.98. The van der Waals surface area contributed by atoms with Crippen LogP contribution in [-0.4, -0.2) is 84.8 Å². The number of alkyl halides is 3. The van der Waals surface area contributed by atoms with E-state index in [2.05, 4.69) is 25.3 Å². The highest BCUT2D eigenvalue weighted by Gasteiger charge is 2.39. The molecule has 0 radical (unpaired) electrons. The Morgan fingerprint density at radius 3 is 2.42 bits per heavy atom. The van der Waals surface area contributed by atoms with Gasteiger partial charge in [0.05, 0.1) is 22.7 Å². The number of benzene rings is 1. The number of piperidine rings is 2. The summed E-state index contributed by atoms with van der Waals surface area (Å²) in [5.41, 5.74) is 0.105. The number of amides is 2. The molecular weight excluding hydrogens is 587 g/mol. The molecule has 1 aliphatic carbocycles. The fourth-order valence-electron chi connectivity index (χ4n) is 5.91. The van der Waals surface area contributed by atoms with Crippen molar-refractivity contribution in [2.24, 2.45) is 0 Å². The summed E-state index contributed by atoms with van der Waals surface area (Å²) in [7, 11) is 0. The fraction of sp³-hybridized carbons (Fsp3) is 0.517. The molecule has 3 N–H and O–H groups in total. The number of H-pyrrole nitrogens is 1. The van der Waals surface area contributed by atoms with Gasteiger partial charge in [-0.1, -0.05) is 11.6 Å². The van der Waals surface area contributed by atoms with Gasteiger partial charge in [0.25, 0.3) is 11.8 Å². The van der Waals surface area contributed by atoms with E-state index in [1.54, 1.807) is 17.0 Å². The topological polar surface area (TPSA) is 119 Å². The predicted octanol–water partition coefficient (Wildman–Crippen LogP) is 4.52. The number of halogens is 4. The summed E-state index contributed by atoms with van der Waals surface area (Å²) < 4.78 is 42.0. The molecule has 2 aliphatic heterocycles. The molecular formula is C29H33ClF3N7O3. The average Bonchev–Trinajstić information content (AvgIpc) is 3.56. The van der Waals surface area contributed by atoms with Gasteiger partial charge in [-0.25, -0.2) is 4.98 Å². The number of rotatable bonds is 7. The predicted molar refractivity (Wildman–Crippen MR) is 152 cm³/mol. The summed E-state index contributed by atoms with van der Waals surface area (Å²) in [6, 6.07) is 5.04. The lowest BCUT2D eigenvalue weighted by Gasteiger charge is -2.41. The molecule has 0 bridgehead atoms. The molecule has 3 aromatic rings. The second kappa shape index (κ2) is 11.9. The van der Waals surface area contributed by atoms with E-state index in [1.807, 2.05) is 0 Å². The van der Waals surface area contributed by atoms with Crippen molar-refractivity contribution in [3.8, 4) is 0 Å². The minimum absolute atomic E-state index is 0.000275. The quantitative estimate of drug-likeness (QED) is 0.358. The first-order valence-corrected chi connectivity index (χ1v) is 14.9. The molecule has 2 aromatic heterocycles. The second-order valence-electron chi connectivity index (χ2n) is 11.6. The van der Waals surface area contributed by atoms with E-state index in [0.29, 0.717) is 36.1 Å². The molecule has 4 heterocycles. The van der Waals surface area contributed by atoms with Crippen LogP contribution in [0.5, 0.6) is 0 Å². The number of nitrogens with zero attached hydrogens (tertiary/aromatic N) is 5. The van der Waals surface area contributed by atoms with Crippen molar-refractivity contribution in [2.75, 3.05) is 31.5 Å². The van der Waals surface area contributed by atoms with Gasteiger partial charge in [-0.3, -0.25) is 14.3 Å². The van der Waals surface area contributed by atoms with Crippen LogP contribution in [0.2, 0.25) is 5.02 Å². The molecule has 1 saturated carbocycles. The van der Waals surface area contributed by atoms with Crippen molar-refractivity contribution in [1.29, 1.82) is 0 Å². The number of hydrogen-bond acceptors (Lipinski definition) is 6. The number of anilines is 1. The Balaban J connectivity index is 1.05. The van der Waals surface area contributed by atoms with Gasteiger partial charge in [-0.2, -0.15) is 18.3 Å². The van der Waals surface area contributed by atoms with Crippen LogP contribution in [0.3, 0.4) is 0 Å². The van der Waals surface area contributed by atoms with Crippen molar-refractivity contribution in [3.63, 3.8) is 0 Å². The number of hydrogen-bond donors (Lipinski definition) is 3. The maximum atomic E-state index is 13.5. The number of carbonyl (C=O) groups excluding carboxylic acids is 2. The molecule has 230 valence electrons. The number of nitrogens with one attached hydrogen (secondary N) is 2. The highest BCUT2D eigenvalue weighted by Crippen LogP contribution is 2.38. The van der Waals surface area contributed by atoms with E-state index >= 15 is 0 Å². The van der Waals surface area contributed by atoms with Crippen LogP contribution in [0.1, 0.15) is 82.5 Å². The fourth-order valence-corrected chi connectivity index (χ4v) is 6.17. The number of aromatic amines is 1. The Kier molecular flexibility index (Phi) is 8.22. The minimum Gasteiger partial charge on any atom is -0.393 e. The lowest BCUT2D eigenvalue weighted by Crippen LogP contribution is -2.49. The normalized spacial score (nSPS) is 19.1. The Morgan fingerprint density at radius 1 is 1.05 bits per heavy atom. The largest absolute Gasteiger partial charge is 0.435 e. The SMILES string of the molecule is O=C(Nc1ccc(C(=O)N2CCC(N3CCC(O)CC3)CC2)c(Cl)c1)c1ncc(Cc2cn(C3CC3)nc2C(F)(F)F)[nH]1. The van der Waals surface area contributed by atoms with Crippen molar-refractivity contribution in [1.82, 2.24) is 29.5 Å². The summed E-state index contributed by atoms with van der Waals surface area (Å²) in [5.74, 6) is -0.840. The summed E-state index contributed by atoms with van der Waals surface area (Å²) in [6.45, 7) is 2.99. The molecule has 2 saturated heterocycles. The highest BCUT2D eigenvalue weighted by molar-refractivity contribution is 6.34. The number of likely N-dealkylation sites (tertiary alicyclic amines) is 2. The van der Waals surface area contributed by atoms with Gasteiger partial charge in [-0.15, -0.1) is 0 Å². The molecule has 10 nitrogen and oxygen atoms in total. The monoisotopic (exact) mass is 619 g/mol. The Morgan fingerprint density at radius 2 is 1.77 bits per heavy atom. The molecule has 0 atom stereocenters. The molecule has 1 aromatic carbocycles. The van der Waals surface area contributed by atoms with Gasteiger partial charge < -0.3 is 25.2 Å². The van der Waals surface area contributed by atoms with E-state index in [-0.39, 0.29) is 40.9 Å². The van der Waals surface area contributed by atoms with Crippen LogP contribution < -0.4 is 5.32 Å². The lowest BCUT2D eigenvalue weighted by molar-refractivity contribution is -0.142. The third kappa shape index (κ3) is 6.73. The molecule has 0 spiro atoms. The highest BCUT2D eigenvalue weighted by atomic mass is 35.5. The van der Waals surface area contributed by atoms with Crippen molar-refractivity contribution >= 4 is 29.1 Å². The van der Waals surface area contributed by atoms with Crippen molar-refractivity contribution in [2.45, 2.75) is 69.3 Å². The summed E-state index contributed by atoms with van der Waals surface area (Å²) in [6.07, 6.45) is 2.73. The molecule has 6 rings (SSSR count). The van der Waals surface area contributed by atoms with E-state index in [4.69, 9.17) is 11.6 Å². The van der Waals surface area contributed by atoms with Crippen LogP contribution in [0.4, 0.5) is 18.9 Å². The van der Waals surface area contributed by atoms with E-state index in [1.165, 1.54) is 23.1 Å². The Hall–Kier alpha value is -3.42. The van der Waals surface area contributed by atoms with Gasteiger partial charge in [-0.05, 0) is 56.7 Å². The third-order valence-electron chi connectivity index (χ3n) is 8.45. The van der Waals surface area contributed by atoms with Gasteiger partial charge in [0.1, 0.15) is 0 Å². The molecule has 3 aliphatic rings. The molecule has 2 amide bonds. The summed E-state index contributed by atoms with van der Waals surface area (Å²) in [5, 5.41) is 16.4. The first-order valence-electron chi connectivity index (χ1n) is 14.6. The molecule has 43 heavy (non-hydrogen) atoms. The average molecular weight is 620 g/mol. The van der Waals surface area contributed by atoms with E-state index < -0.39 is 17.8 Å². The van der Waals surface area contributed by atoms with Gasteiger partial charge in [0, 0.05) is 68.0 Å². The summed E-state index contributed by atoms with van der Waals surface area (Å²) in [4.78, 5) is 37.1. The van der Waals surface area contributed by atoms with Gasteiger partial charge >= 0.3 is 6.18 Å². The van der Waals surface area contributed by atoms with E-state index in [9.17, 15) is 27.9 Å². The van der Waals surface area contributed by atoms with Gasteiger partial charge in [0.2, 0.25) is 0 Å². The summed E-state index contributed by atoms with van der Waals surface area (Å²) >= 11 is 6.46. The number of aliphatic hydroxyl groups is 1.